The van der Waals surface area contributed by atoms with Crippen molar-refractivity contribution in [1.29, 1.82) is 5.26 Å². The minimum Gasteiger partial charge on any atom is -0.618 e. The number of pyridine rings is 1. The fourth-order valence-electron chi connectivity index (χ4n) is 0.675. The van der Waals surface area contributed by atoms with Gasteiger partial charge in [-0.25, -0.2) is 0 Å². The van der Waals surface area contributed by atoms with Crippen molar-refractivity contribution in [3.8, 4) is 6.07 Å². The molecule has 0 atom stereocenters. The lowest BCUT2D eigenvalue weighted by Gasteiger charge is -1.96. The van der Waals surface area contributed by atoms with E-state index in [1.54, 1.807) is 18.2 Å². The first-order valence-electron chi connectivity index (χ1n) is 2.84. The number of nitriles is 1. The van der Waals surface area contributed by atoms with Crippen molar-refractivity contribution in [3.05, 3.63) is 34.8 Å². The van der Waals surface area contributed by atoms with Crippen molar-refractivity contribution >= 4 is 0 Å². The summed E-state index contributed by atoms with van der Waals surface area (Å²) in [6.07, 6.45) is 1.33. The van der Waals surface area contributed by atoms with Gasteiger partial charge in [0.1, 0.15) is 0 Å². The maximum atomic E-state index is 10.7. The monoisotopic (exact) mass is 134 g/mol. The number of hydrogen-bond acceptors (Lipinski definition) is 2. The van der Waals surface area contributed by atoms with Crippen molar-refractivity contribution in [2.24, 2.45) is 0 Å². The van der Waals surface area contributed by atoms with Gasteiger partial charge in [0, 0.05) is 12.1 Å². The van der Waals surface area contributed by atoms with Crippen LogP contribution in [0.5, 0.6) is 0 Å². The molecule has 0 saturated carbocycles. The van der Waals surface area contributed by atoms with E-state index in [-0.39, 0.29) is 5.69 Å². The van der Waals surface area contributed by atoms with Gasteiger partial charge in [0.25, 0.3) is 5.69 Å². The molecule has 3 heteroatoms. The van der Waals surface area contributed by atoms with Crippen molar-refractivity contribution in [2.75, 3.05) is 0 Å². The van der Waals surface area contributed by atoms with Gasteiger partial charge in [0.2, 0.25) is 0 Å². The fraction of sp³-hybridized carbons (Fsp3) is 0.143. The zero-order valence-electron chi connectivity index (χ0n) is 5.53. The Morgan fingerprint density at radius 3 is 2.90 bits per heavy atom. The predicted octanol–water partition coefficient (Wildman–Crippen LogP) is 0.500. The van der Waals surface area contributed by atoms with E-state index in [9.17, 15) is 5.21 Å². The predicted molar refractivity (Wildman–Crippen MR) is 34.9 cm³/mol. The first kappa shape index (κ1) is 6.56. The normalized spacial score (nSPS) is 8.80. The van der Waals surface area contributed by atoms with Crippen molar-refractivity contribution in [1.82, 2.24) is 0 Å². The van der Waals surface area contributed by atoms with E-state index in [4.69, 9.17) is 5.26 Å². The van der Waals surface area contributed by atoms with Crippen LogP contribution in [0.25, 0.3) is 0 Å². The Bertz CT molecular complexity index is 288. The maximum Gasteiger partial charge on any atom is 0.294 e. The van der Waals surface area contributed by atoms with Crippen LogP contribution in [0.4, 0.5) is 0 Å². The molecule has 0 aliphatic carbocycles. The van der Waals surface area contributed by atoms with E-state index in [1.807, 2.05) is 6.92 Å². The molecule has 0 aliphatic rings. The third-order valence-corrected chi connectivity index (χ3v) is 1.19. The van der Waals surface area contributed by atoms with Crippen LogP contribution in [0.3, 0.4) is 0 Å². The number of nitrogens with zero attached hydrogens (tertiary/aromatic N) is 2. The molecule has 0 amide bonds. The second kappa shape index (κ2) is 2.36. The second-order valence-corrected chi connectivity index (χ2v) is 2.03. The smallest absolute Gasteiger partial charge is 0.294 e. The van der Waals surface area contributed by atoms with Crippen molar-refractivity contribution < 1.29 is 4.73 Å². The summed E-state index contributed by atoms with van der Waals surface area (Å²) in [7, 11) is 0. The summed E-state index contributed by atoms with van der Waals surface area (Å²) >= 11 is 0. The van der Waals surface area contributed by atoms with Gasteiger partial charge in [-0.15, -0.1) is 0 Å². The number of aryl methyl sites for hydroxylation is 1. The number of hydrogen-bond donors (Lipinski definition) is 0. The molecule has 0 spiro atoms. The first-order chi connectivity index (χ1) is 4.74. The molecular weight excluding hydrogens is 128 g/mol. The molecule has 1 rings (SSSR count). The van der Waals surface area contributed by atoms with Gasteiger partial charge in [0.05, 0.1) is 0 Å². The third kappa shape index (κ3) is 1.06. The lowest BCUT2D eigenvalue weighted by molar-refractivity contribution is -0.608. The highest BCUT2D eigenvalue weighted by Gasteiger charge is 2.00. The molecule has 1 aromatic rings. The Morgan fingerprint density at radius 1 is 1.70 bits per heavy atom. The zero-order valence-corrected chi connectivity index (χ0v) is 5.53. The van der Waals surface area contributed by atoms with Gasteiger partial charge in [-0.1, -0.05) is 0 Å². The SMILES string of the molecule is Cc1cc[n+]([O-])c(C#N)c1. The van der Waals surface area contributed by atoms with Gasteiger partial charge >= 0.3 is 0 Å². The van der Waals surface area contributed by atoms with E-state index in [0.717, 1.165) is 5.56 Å². The fourth-order valence-corrected chi connectivity index (χ4v) is 0.675. The van der Waals surface area contributed by atoms with Crippen molar-refractivity contribution in [3.63, 3.8) is 0 Å². The largest absolute Gasteiger partial charge is 0.618 e. The molecule has 0 radical (unpaired) electrons. The number of aromatic nitrogens is 1. The van der Waals surface area contributed by atoms with E-state index in [2.05, 4.69) is 0 Å². The van der Waals surface area contributed by atoms with Crippen LogP contribution >= 0.6 is 0 Å². The maximum absolute atomic E-state index is 10.7. The molecule has 50 valence electrons. The molecular formula is C7H6N2O. The molecule has 0 aromatic carbocycles. The summed E-state index contributed by atoms with van der Waals surface area (Å²) in [6, 6.07) is 5.00. The van der Waals surface area contributed by atoms with E-state index in [0.29, 0.717) is 4.73 Å². The van der Waals surface area contributed by atoms with Gasteiger partial charge in [0.15, 0.2) is 12.3 Å². The molecule has 0 saturated heterocycles. The molecule has 0 unspecified atom stereocenters. The van der Waals surface area contributed by atoms with Crippen LogP contribution in [-0.4, -0.2) is 0 Å². The van der Waals surface area contributed by atoms with Crippen LogP contribution in [-0.2, 0) is 0 Å². The van der Waals surface area contributed by atoms with Gasteiger partial charge in [-0.2, -0.15) is 9.99 Å². The highest BCUT2D eigenvalue weighted by molar-refractivity contribution is 5.19. The Morgan fingerprint density at radius 2 is 2.40 bits per heavy atom. The summed E-state index contributed by atoms with van der Waals surface area (Å²) in [5.74, 6) is 0. The molecule has 10 heavy (non-hydrogen) atoms. The lowest BCUT2D eigenvalue weighted by Crippen LogP contribution is -2.29. The average molecular weight is 134 g/mol. The summed E-state index contributed by atoms with van der Waals surface area (Å²) in [5, 5.41) is 19.1. The molecule has 0 aliphatic heterocycles. The average Bonchev–Trinajstić information content (AvgIpc) is 1.94. The second-order valence-electron chi connectivity index (χ2n) is 2.03. The van der Waals surface area contributed by atoms with E-state index >= 15 is 0 Å². The minimum absolute atomic E-state index is 0.139. The highest BCUT2D eigenvalue weighted by Crippen LogP contribution is 1.94. The third-order valence-electron chi connectivity index (χ3n) is 1.19. The molecule has 3 nitrogen and oxygen atoms in total. The van der Waals surface area contributed by atoms with Gasteiger partial charge in [-0.3, -0.25) is 0 Å². The molecule has 1 aromatic heterocycles. The quantitative estimate of drug-likeness (QED) is 0.383. The highest BCUT2D eigenvalue weighted by atomic mass is 16.5. The first-order valence-corrected chi connectivity index (χ1v) is 2.84. The Labute approximate surface area is 58.7 Å². The zero-order chi connectivity index (χ0) is 7.56. The topological polar surface area (TPSA) is 50.7 Å². The van der Waals surface area contributed by atoms with Crippen molar-refractivity contribution in [2.45, 2.75) is 6.92 Å². The van der Waals surface area contributed by atoms with Crippen LogP contribution in [0.2, 0.25) is 0 Å². The molecule has 1 heterocycles. The Balaban J connectivity index is 3.25. The number of rotatable bonds is 0. The van der Waals surface area contributed by atoms with Crippen LogP contribution in [0, 0.1) is 23.5 Å². The van der Waals surface area contributed by atoms with Crippen LogP contribution in [0.1, 0.15) is 11.3 Å². The summed E-state index contributed by atoms with van der Waals surface area (Å²) < 4.78 is 0.549. The molecule has 0 N–H and O–H groups in total. The van der Waals surface area contributed by atoms with Gasteiger partial charge in [-0.05, 0) is 12.5 Å². The summed E-state index contributed by atoms with van der Waals surface area (Å²) in [6.45, 7) is 1.83. The van der Waals surface area contributed by atoms with Gasteiger partial charge < -0.3 is 5.21 Å². The van der Waals surface area contributed by atoms with Crippen LogP contribution in [0.15, 0.2) is 18.3 Å². The Hall–Kier alpha value is -1.56. The van der Waals surface area contributed by atoms with E-state index in [1.165, 1.54) is 6.20 Å². The van der Waals surface area contributed by atoms with E-state index < -0.39 is 0 Å². The molecule has 0 fully saturated rings. The standard InChI is InChI=1S/C7H6N2O/c1-6-2-3-9(10)7(4-6)5-8/h2-4H,1H3. The summed E-state index contributed by atoms with van der Waals surface area (Å²) in [4.78, 5) is 0. The Kier molecular flexibility index (Phi) is 1.55. The summed E-state index contributed by atoms with van der Waals surface area (Å²) in [5.41, 5.74) is 1.06. The van der Waals surface area contributed by atoms with Crippen LogP contribution < -0.4 is 4.73 Å². The minimum atomic E-state index is 0.139. The molecule has 0 bridgehead atoms. The lowest BCUT2D eigenvalue weighted by atomic mass is 10.2.